The van der Waals surface area contributed by atoms with Crippen molar-refractivity contribution < 1.29 is 111 Å². The van der Waals surface area contributed by atoms with Crippen molar-refractivity contribution in [2.45, 2.75) is 194 Å². The Morgan fingerprint density at radius 2 is 1.08 bits per heavy atom. The van der Waals surface area contributed by atoms with E-state index in [0.29, 0.717) is 56.7 Å². The largest absolute Gasteiger partial charge is 0.508 e. The first-order chi connectivity index (χ1) is 62.9. The van der Waals surface area contributed by atoms with E-state index in [9.17, 15) is 73.2 Å². The van der Waals surface area contributed by atoms with Gasteiger partial charge < -0.3 is 135 Å². The smallest absolute Gasteiger partial charge is 0.246 e. The number of carbonyl (C=O) groups excluding carboxylic acids is 18. The summed E-state index contributed by atoms with van der Waals surface area (Å²) in [4.78, 5) is 278. The topological polar surface area (TPSA) is 672 Å². The summed E-state index contributed by atoms with van der Waals surface area (Å²) in [7, 11) is 5.00. The van der Waals surface area contributed by atoms with Crippen molar-refractivity contribution in [3.05, 3.63) is 120 Å². The lowest BCUT2D eigenvalue weighted by Crippen LogP contribution is -2.62. The van der Waals surface area contributed by atoms with Crippen molar-refractivity contribution in [1.29, 1.82) is 0 Å². The number of rotatable bonds is 24. The van der Waals surface area contributed by atoms with Crippen molar-refractivity contribution >= 4 is 140 Å². The molecule has 46 heteroatoms. The zero-order chi connectivity index (χ0) is 96.3. The highest BCUT2D eigenvalue weighted by Crippen LogP contribution is 2.28. The summed E-state index contributed by atoms with van der Waals surface area (Å²) in [6.45, 7) is -0.973. The summed E-state index contributed by atoms with van der Waals surface area (Å²) >= 11 is 0.702. The third kappa shape index (κ3) is 27.5. The zero-order valence-electron chi connectivity index (χ0n) is 73.8. The number of phenols is 1. The van der Waals surface area contributed by atoms with Crippen LogP contribution in [0.2, 0.25) is 0 Å². The Morgan fingerprint density at radius 3 is 1.67 bits per heavy atom. The summed E-state index contributed by atoms with van der Waals surface area (Å²) in [6.07, 6.45) is 0.912. The Kier molecular flexibility index (Phi) is 37.4. The molecule has 714 valence electrons. The number of para-hydroxylation sites is 2. The van der Waals surface area contributed by atoms with Crippen LogP contribution in [0.25, 0.3) is 21.8 Å². The van der Waals surface area contributed by atoms with Gasteiger partial charge in [-0.2, -0.15) is 0 Å². The van der Waals surface area contributed by atoms with Crippen LogP contribution in [0.4, 0.5) is 0 Å². The molecule has 6 aromatic rings. The van der Waals surface area contributed by atoms with E-state index in [-0.39, 0.29) is 76.0 Å². The van der Waals surface area contributed by atoms with Crippen LogP contribution in [0.3, 0.4) is 0 Å². The minimum Gasteiger partial charge on any atom is -0.508 e. The molecular weight excluding hydrogens is 1740 g/mol. The van der Waals surface area contributed by atoms with E-state index in [1.54, 1.807) is 67.8 Å². The SMILES string of the molecule is CCCC[C@H]1C(=O)N(C)[C@@H](CCOC)C(=O)N[C@@H](CO)C(=O)N[C@H](C(=O)NCC(N)=O)CSCC(=O)N[C@@H](Cc2ccc(O)cc2)C(=O)N(C)[C@@H](C)C(=O)N[C@H](CC(N)=O)C(=O)N2CCC[C@H]2C(=O)N[C@@H](Cc2c[nH]cn2)C(=O)N[C@@H](CCC(N)=O)C(=O)N2C[C@H](O)C[C@H]2C(=O)N[C@@H](Cc2c[nH]c3ccccc23)C(=O)N[C@@H](CO)C(=O)N[C@@H](Cc2c[nH]c3ccccc23)C(=O)N1C. The number of nitrogens with zero attached hydrogens (tertiary/aromatic N) is 6. The van der Waals surface area contributed by atoms with Crippen molar-refractivity contribution in [2.75, 3.05) is 79.2 Å². The second-order valence-corrected chi connectivity index (χ2v) is 33.7. The van der Waals surface area contributed by atoms with Crippen molar-refractivity contribution in [3.8, 4) is 5.75 Å². The second kappa shape index (κ2) is 48.3. The van der Waals surface area contributed by atoms with Crippen LogP contribution < -0.4 is 70.4 Å². The molecule has 23 N–H and O–H groups in total. The number of phenolic OH excluding ortho intramolecular Hbond substituents is 1. The van der Waals surface area contributed by atoms with Crippen LogP contribution in [0.1, 0.15) is 100 Å². The molecule has 3 aliphatic heterocycles. The van der Waals surface area contributed by atoms with E-state index in [1.165, 1.54) is 72.0 Å². The number of nitrogens with two attached hydrogens (primary N) is 3. The van der Waals surface area contributed by atoms with E-state index >= 15 is 33.6 Å². The van der Waals surface area contributed by atoms with Crippen LogP contribution in [-0.4, -0.2) is 341 Å². The van der Waals surface area contributed by atoms with Gasteiger partial charge in [0.15, 0.2) is 0 Å². The Hall–Kier alpha value is -13.6. The monoisotopic (exact) mass is 1860 g/mol. The molecule has 0 unspecified atom stereocenters. The molecule has 0 saturated carbocycles. The van der Waals surface area contributed by atoms with Gasteiger partial charge >= 0.3 is 0 Å². The number of aromatic nitrogens is 4. The average Bonchev–Trinajstić information content (AvgIpc) is 1.59. The molecule has 3 aliphatic rings. The normalized spacial score (nSPS) is 25.0. The molecule has 9 rings (SSSR count). The van der Waals surface area contributed by atoms with Gasteiger partial charge in [-0.05, 0) is 73.6 Å². The molecule has 15 atom stereocenters. The number of nitrogens with one attached hydrogen (secondary N) is 13. The molecule has 6 heterocycles. The van der Waals surface area contributed by atoms with Gasteiger partial charge in [-0.1, -0.05) is 68.3 Å². The van der Waals surface area contributed by atoms with Gasteiger partial charge in [0.1, 0.15) is 90.3 Å². The number of primary amides is 3. The molecule has 45 nitrogen and oxygen atoms in total. The number of aliphatic hydroxyl groups is 3. The fourth-order valence-electron chi connectivity index (χ4n) is 15.9. The molecular formula is C86H116N22O23S. The highest BCUT2D eigenvalue weighted by molar-refractivity contribution is 8.00. The maximum atomic E-state index is 15.6. The summed E-state index contributed by atoms with van der Waals surface area (Å²) in [5, 5.41) is 70.0. The van der Waals surface area contributed by atoms with Crippen LogP contribution in [0.5, 0.6) is 5.75 Å². The van der Waals surface area contributed by atoms with Crippen molar-refractivity contribution in [2.24, 2.45) is 17.2 Å². The number of thioether (sulfide) groups is 1. The molecule has 0 bridgehead atoms. The summed E-state index contributed by atoms with van der Waals surface area (Å²) in [5.41, 5.74) is 19.3. The number of likely N-dealkylation sites (N-methyl/N-ethyl adjacent to an activating group) is 3. The second-order valence-electron chi connectivity index (χ2n) is 32.7. The zero-order valence-corrected chi connectivity index (χ0v) is 74.6. The highest BCUT2D eigenvalue weighted by atomic mass is 32.2. The number of carbonyl (C=O) groups is 18. The molecule has 0 spiro atoms. The van der Waals surface area contributed by atoms with Gasteiger partial charge in [-0.15, -0.1) is 11.8 Å². The van der Waals surface area contributed by atoms with E-state index in [2.05, 4.69) is 73.1 Å². The Balaban J connectivity index is 1.09. The number of benzene rings is 3. The van der Waals surface area contributed by atoms with Crippen LogP contribution in [0, 0.1) is 0 Å². The fraction of sp³-hybridized carbons (Fsp3) is 0.500. The number of amides is 18. The molecule has 0 radical (unpaired) electrons. The van der Waals surface area contributed by atoms with Crippen molar-refractivity contribution in [3.63, 3.8) is 0 Å². The lowest BCUT2D eigenvalue weighted by Gasteiger charge is -2.36. The highest BCUT2D eigenvalue weighted by Gasteiger charge is 2.47. The van der Waals surface area contributed by atoms with Crippen LogP contribution in [-0.2, 0) is 117 Å². The number of aromatic amines is 3. The Bertz CT molecular complexity index is 5150. The fourth-order valence-corrected chi connectivity index (χ4v) is 16.7. The number of H-pyrrole nitrogens is 3. The molecule has 0 aliphatic carbocycles. The number of methoxy groups -OCH3 is 1. The Labute approximate surface area is 762 Å². The van der Waals surface area contributed by atoms with Gasteiger partial charge in [0, 0.05) is 139 Å². The number of imidazole rings is 1. The van der Waals surface area contributed by atoms with Crippen LogP contribution >= 0.6 is 11.8 Å². The first-order valence-electron chi connectivity index (χ1n) is 43.0. The van der Waals surface area contributed by atoms with Gasteiger partial charge in [0.25, 0.3) is 0 Å². The predicted molar refractivity (Wildman–Crippen MR) is 474 cm³/mol. The summed E-state index contributed by atoms with van der Waals surface area (Å²) in [6, 6.07) is -4.15. The van der Waals surface area contributed by atoms with Gasteiger partial charge in [0.05, 0.1) is 50.1 Å². The maximum Gasteiger partial charge on any atom is 0.246 e. The lowest BCUT2D eigenvalue weighted by molar-refractivity contribution is -0.150. The van der Waals surface area contributed by atoms with Crippen molar-refractivity contribution in [1.82, 2.24) is 97.6 Å². The standard InChI is InChI=1S/C86H116N22O23S/c1-7-8-18-67-86(130)105(4)65(26-28-131-6)79(123)102-63(41-110)78(122)103-64(74(118)93-38-71(89)115)42-132-43-72(116)95-59(29-46-20-22-50(111)23-21-46)82(126)104(3)45(2)73(117)99-61(34-70(88)114)85(129)107-27-13-19-66(107)80(124)98-58(32-49-37-90-44-94-49)76(120)96-56(24-25-69(87)113)84(128)108-39-51(112)33-68(108)81(125)97-57(30-47-35-91-54-16-11-9-14-52(47)54)75(119)101-62(40-109)77(121)100-60(83(127)106(67)5)31-48-36-92-55-17-12-10-15-53(48)55/h9-12,14-17,20-23,35-37,44-45,51,56-68,91-92,109-112H,7-8,13,18-19,24-34,38-43H2,1-6H3,(H2,87,113)(H2,88,114)(H2,89,115)(H,90,94)(H,93,118)(H,95,116)(H,96,120)(H,97,125)(H,98,124)(H,99,117)(H,100,121)(H,101,119)(H,102,123)(H,103,122)/t45-,51+,56-,57-,58-,59-,60-,61+,62-,63-,64-,65-,66-,67-,68-/m0/s1. The minimum atomic E-state index is -1.94. The molecule has 18 amide bonds. The number of unbranched alkanes of at least 4 members (excludes halogenated alkanes) is 1. The number of hydrogen-bond acceptors (Lipinski definition) is 25. The lowest BCUT2D eigenvalue weighted by atomic mass is 10.0. The average molecular weight is 1860 g/mol. The molecule has 3 saturated heterocycles. The molecule has 3 aromatic carbocycles. The Morgan fingerprint density at radius 1 is 0.545 bits per heavy atom. The van der Waals surface area contributed by atoms with E-state index in [4.69, 9.17) is 21.9 Å². The van der Waals surface area contributed by atoms with E-state index in [0.717, 1.165) is 24.5 Å². The number of fused-ring (bicyclic) bond motifs is 4. The van der Waals surface area contributed by atoms with E-state index in [1.807, 2.05) is 0 Å². The van der Waals surface area contributed by atoms with E-state index < -0.39 is 267 Å². The maximum absolute atomic E-state index is 15.6. The van der Waals surface area contributed by atoms with Gasteiger partial charge in [-0.25, -0.2) is 4.98 Å². The molecule has 3 aromatic heterocycles. The quantitative estimate of drug-likeness (QED) is 0.0268. The first-order valence-corrected chi connectivity index (χ1v) is 44.2. The predicted octanol–water partition coefficient (Wildman–Crippen LogP) is -6.13. The number of aliphatic hydroxyl groups excluding tert-OH is 3. The molecule has 132 heavy (non-hydrogen) atoms. The minimum absolute atomic E-state index is 0.0675. The van der Waals surface area contributed by atoms with Gasteiger partial charge in [0.2, 0.25) is 106 Å². The number of ether oxygens (including phenoxy) is 1. The third-order valence-corrected chi connectivity index (χ3v) is 24.3. The molecule has 3 fully saturated rings. The summed E-state index contributed by atoms with van der Waals surface area (Å²) < 4.78 is 5.36. The number of hydrogen-bond donors (Lipinski definition) is 20. The van der Waals surface area contributed by atoms with Gasteiger partial charge in [-0.3, -0.25) is 86.3 Å². The first kappa shape index (κ1) is 102. The summed E-state index contributed by atoms with van der Waals surface area (Å²) in [5.74, 6) is -19.8. The number of aromatic hydroxyl groups is 1. The third-order valence-electron chi connectivity index (χ3n) is 23.2. The van der Waals surface area contributed by atoms with Crippen LogP contribution in [0.15, 0.2) is 97.7 Å².